The third-order valence-corrected chi connectivity index (χ3v) is 2.77. The number of nitrogens with two attached hydrogens (primary N) is 1. The van der Waals surface area contributed by atoms with Gasteiger partial charge in [-0.3, -0.25) is 5.84 Å². The van der Waals surface area contributed by atoms with Crippen LogP contribution in [0.25, 0.3) is 5.78 Å². The third kappa shape index (κ3) is 1.44. The van der Waals surface area contributed by atoms with Crippen LogP contribution < -0.4 is 27.2 Å². The molecule has 0 amide bonds. The topological polar surface area (TPSA) is 47.9 Å². The molecule has 0 aliphatic heterocycles. The lowest BCUT2D eigenvalue weighted by atomic mass is 10.6. The van der Waals surface area contributed by atoms with Gasteiger partial charge in [-0.15, -0.1) is 4.68 Å². The zero-order chi connectivity index (χ0) is 8.72. The van der Waals surface area contributed by atoms with E-state index >= 15 is 0 Å². The van der Waals surface area contributed by atoms with Crippen LogP contribution in [0.1, 0.15) is 5.69 Å². The van der Waals surface area contributed by atoms with Crippen LogP contribution in [-0.2, 0) is 0 Å². The summed E-state index contributed by atoms with van der Waals surface area (Å²) in [6.07, 6.45) is 3.62. The van der Waals surface area contributed by atoms with Crippen LogP contribution in [-0.4, -0.2) is 9.66 Å². The largest absolute Gasteiger partial charge is 1.00 e. The van der Waals surface area contributed by atoms with Gasteiger partial charge in [-0.2, -0.15) is 4.40 Å². The normalized spacial score (nSPS) is 10.0. The van der Waals surface area contributed by atoms with E-state index in [0.717, 1.165) is 16.1 Å². The zero-order valence-corrected chi connectivity index (χ0v) is 10.1. The number of imidazole rings is 1. The van der Waals surface area contributed by atoms with E-state index in [1.807, 2.05) is 23.6 Å². The van der Waals surface area contributed by atoms with E-state index in [-0.39, 0.29) is 17.0 Å². The molecular formula is C7H8Br2N4. The van der Waals surface area contributed by atoms with Gasteiger partial charge in [-0.1, -0.05) is 4.98 Å². The van der Waals surface area contributed by atoms with Gasteiger partial charge in [0.2, 0.25) is 0 Å². The van der Waals surface area contributed by atoms with Crippen molar-refractivity contribution in [2.75, 3.05) is 5.84 Å². The fraction of sp³-hybridized carbons (Fsp3) is 0.143. The van der Waals surface area contributed by atoms with E-state index in [9.17, 15) is 0 Å². The van der Waals surface area contributed by atoms with Crippen molar-refractivity contribution in [1.29, 1.82) is 0 Å². The summed E-state index contributed by atoms with van der Waals surface area (Å²) in [5, 5.41) is 0. The summed E-state index contributed by atoms with van der Waals surface area (Å²) in [6.45, 7) is 1.93. The number of nitrogens with zero attached hydrogens (tertiary/aromatic N) is 3. The first kappa shape index (κ1) is 10.5. The highest BCUT2D eigenvalue weighted by atomic mass is 79.9. The first-order chi connectivity index (χ1) is 5.72. The molecule has 0 bridgehead atoms. The molecule has 13 heavy (non-hydrogen) atoms. The number of hydrogen-bond acceptors (Lipinski definition) is 2. The molecule has 2 rings (SSSR count). The van der Waals surface area contributed by atoms with Gasteiger partial charge in [0, 0.05) is 6.07 Å². The summed E-state index contributed by atoms with van der Waals surface area (Å²) >= 11 is 3.42. The Balaban J connectivity index is 0.000000845. The van der Waals surface area contributed by atoms with Crippen molar-refractivity contribution < 1.29 is 21.4 Å². The number of fused-ring (bicyclic) bond motifs is 1. The van der Waals surface area contributed by atoms with Crippen molar-refractivity contribution in [2.45, 2.75) is 6.92 Å². The van der Waals surface area contributed by atoms with Gasteiger partial charge in [0.1, 0.15) is 11.9 Å². The molecule has 2 N–H and O–H groups in total. The summed E-state index contributed by atoms with van der Waals surface area (Å²) in [7, 11) is 0. The van der Waals surface area contributed by atoms with Crippen LogP contribution in [0.15, 0.2) is 23.1 Å². The number of nitrogen functional groups attached to an aromatic ring is 1. The maximum absolute atomic E-state index is 5.74. The van der Waals surface area contributed by atoms with Crippen molar-refractivity contribution in [3.63, 3.8) is 0 Å². The first-order valence-corrected chi connectivity index (χ1v) is 4.29. The van der Waals surface area contributed by atoms with E-state index in [1.54, 1.807) is 10.9 Å². The molecule has 2 heterocycles. The molecule has 0 saturated carbocycles. The summed E-state index contributed by atoms with van der Waals surface area (Å²) in [4.78, 5) is 4.13. The molecule has 0 aliphatic rings. The average molecular weight is 308 g/mol. The van der Waals surface area contributed by atoms with Crippen LogP contribution in [0.5, 0.6) is 0 Å². The molecule has 2 aromatic rings. The van der Waals surface area contributed by atoms with Crippen molar-refractivity contribution in [3.05, 3.63) is 28.8 Å². The fourth-order valence-electron chi connectivity index (χ4n) is 1.12. The van der Waals surface area contributed by atoms with Crippen LogP contribution >= 0.6 is 15.9 Å². The quantitative estimate of drug-likeness (QED) is 0.429. The molecule has 0 atom stereocenters. The van der Waals surface area contributed by atoms with Gasteiger partial charge >= 0.3 is 5.78 Å². The fourth-order valence-corrected chi connectivity index (χ4v) is 1.59. The Kier molecular flexibility index (Phi) is 2.92. The highest BCUT2D eigenvalue weighted by molar-refractivity contribution is 9.10. The second-order valence-corrected chi connectivity index (χ2v) is 3.29. The summed E-state index contributed by atoms with van der Waals surface area (Å²) in [6, 6.07) is 1.86. The number of halogens is 2. The van der Waals surface area contributed by atoms with Crippen LogP contribution in [0.4, 0.5) is 0 Å². The molecule has 6 heteroatoms. The number of hydrogen-bond donors (Lipinski definition) is 1. The van der Waals surface area contributed by atoms with Crippen LogP contribution in [0, 0.1) is 6.92 Å². The maximum atomic E-state index is 5.74. The van der Waals surface area contributed by atoms with Crippen LogP contribution in [0.3, 0.4) is 0 Å². The third-order valence-electron chi connectivity index (χ3n) is 1.81. The van der Waals surface area contributed by atoms with E-state index in [0.29, 0.717) is 0 Å². The Morgan fingerprint density at radius 2 is 2.31 bits per heavy atom. The molecular weight excluding hydrogens is 300 g/mol. The smallest absolute Gasteiger partial charge is 0.426 e. The molecule has 0 aromatic carbocycles. The van der Waals surface area contributed by atoms with Gasteiger partial charge in [0.25, 0.3) is 0 Å². The second kappa shape index (κ2) is 3.63. The Morgan fingerprint density at radius 1 is 1.62 bits per heavy atom. The molecule has 0 unspecified atom stereocenters. The van der Waals surface area contributed by atoms with E-state index in [4.69, 9.17) is 5.84 Å². The second-order valence-electron chi connectivity index (χ2n) is 2.54. The maximum Gasteiger partial charge on any atom is 0.426 e. The predicted molar refractivity (Wildman–Crippen MR) is 48.0 cm³/mol. The van der Waals surface area contributed by atoms with Crippen molar-refractivity contribution in [3.8, 4) is 0 Å². The van der Waals surface area contributed by atoms with Gasteiger partial charge in [-0.25, -0.2) is 0 Å². The first-order valence-electron chi connectivity index (χ1n) is 3.50. The molecule has 0 aliphatic carbocycles. The molecule has 70 valence electrons. The summed E-state index contributed by atoms with van der Waals surface area (Å²) in [5.74, 6) is 6.47. The minimum absolute atomic E-state index is 0. The highest BCUT2D eigenvalue weighted by Crippen LogP contribution is 2.11. The molecule has 0 saturated heterocycles. The predicted octanol–water partition coefficient (Wildman–Crippen LogP) is -2.59. The van der Waals surface area contributed by atoms with Gasteiger partial charge in [0.05, 0.1) is 6.20 Å². The molecule has 0 spiro atoms. The van der Waals surface area contributed by atoms with Gasteiger partial charge in [0.15, 0.2) is 4.60 Å². The highest BCUT2D eigenvalue weighted by Gasteiger charge is 2.17. The van der Waals surface area contributed by atoms with Crippen molar-refractivity contribution >= 4 is 21.7 Å². The molecule has 0 radical (unpaired) electrons. The van der Waals surface area contributed by atoms with E-state index in [1.165, 1.54) is 0 Å². The minimum atomic E-state index is 0. The Bertz CT molecular complexity index is 398. The van der Waals surface area contributed by atoms with E-state index in [2.05, 4.69) is 20.9 Å². The number of aromatic nitrogens is 3. The Hall–Kier alpha value is -0.620. The molecule has 4 nitrogen and oxygen atoms in total. The molecule has 0 fully saturated rings. The Morgan fingerprint density at radius 3 is 2.92 bits per heavy atom. The summed E-state index contributed by atoms with van der Waals surface area (Å²) in [5.41, 5.74) is 0.953. The van der Waals surface area contributed by atoms with Gasteiger partial charge < -0.3 is 17.0 Å². The lowest BCUT2D eigenvalue weighted by Gasteiger charge is -1.84. The monoisotopic (exact) mass is 306 g/mol. The zero-order valence-electron chi connectivity index (χ0n) is 6.91. The van der Waals surface area contributed by atoms with E-state index < -0.39 is 0 Å². The minimum Gasteiger partial charge on any atom is -1.00 e. The van der Waals surface area contributed by atoms with Gasteiger partial charge in [-0.05, 0) is 22.9 Å². The standard InChI is InChI=1S/C7H8BrN4.BrH/c1-5-6(8)11-4-2-3-10-7(11)12(5)9;/h2-4H,9H2,1H3;1H/q+1;/p-1. The van der Waals surface area contributed by atoms with Crippen molar-refractivity contribution in [2.24, 2.45) is 0 Å². The summed E-state index contributed by atoms with van der Waals surface area (Å²) < 4.78 is 4.37. The lowest BCUT2D eigenvalue weighted by Crippen LogP contribution is -3.00. The average Bonchev–Trinajstić information content (AvgIpc) is 2.33. The van der Waals surface area contributed by atoms with Crippen molar-refractivity contribution in [1.82, 2.24) is 9.66 Å². The molecule has 2 aromatic heterocycles. The van der Waals surface area contributed by atoms with Crippen LogP contribution in [0.2, 0.25) is 0 Å². The number of rotatable bonds is 0. The lowest BCUT2D eigenvalue weighted by molar-refractivity contribution is -0.525. The SMILES string of the molecule is Cc1c(Br)[n+]2cccnc2n1N.[Br-]. The Labute approximate surface area is 94.3 Å².